The summed E-state index contributed by atoms with van der Waals surface area (Å²) in [6.45, 7) is 0. The van der Waals surface area contributed by atoms with Crippen molar-refractivity contribution in [1.29, 1.82) is 0 Å². The van der Waals surface area contributed by atoms with Crippen molar-refractivity contribution in [2.45, 2.75) is 0 Å². The highest BCUT2D eigenvalue weighted by atomic mass is 16.5. The SMILES string of the molecule is COc1cc(C=Cc2ccc(C=Cc3ccc(C=C(c4ccccc4)c4ccccc4)c(OC)c3)c3ccccc23)ccc1C=C(c1ccccc1)c1ccccc1. The van der Waals surface area contributed by atoms with Crippen molar-refractivity contribution >= 4 is 58.4 Å². The van der Waals surface area contributed by atoms with Crippen LogP contribution in [0.2, 0.25) is 0 Å². The zero-order valence-corrected chi connectivity index (χ0v) is 32.8. The molecule has 8 rings (SSSR count). The van der Waals surface area contributed by atoms with Crippen LogP contribution in [-0.2, 0) is 0 Å². The van der Waals surface area contributed by atoms with E-state index in [9.17, 15) is 0 Å². The maximum absolute atomic E-state index is 5.94. The summed E-state index contributed by atoms with van der Waals surface area (Å²) in [5.41, 5.74) is 13.4. The molecule has 0 aliphatic rings. The minimum Gasteiger partial charge on any atom is -0.496 e. The van der Waals surface area contributed by atoms with Gasteiger partial charge in [0.15, 0.2) is 0 Å². The van der Waals surface area contributed by atoms with Crippen LogP contribution in [-0.4, -0.2) is 14.2 Å². The lowest BCUT2D eigenvalue weighted by Crippen LogP contribution is -1.92. The fraction of sp³-hybridized carbons (Fsp3) is 0.0357. The van der Waals surface area contributed by atoms with Crippen molar-refractivity contribution in [2.24, 2.45) is 0 Å². The fourth-order valence-corrected chi connectivity index (χ4v) is 7.36. The minimum atomic E-state index is 0.824. The fourth-order valence-electron chi connectivity index (χ4n) is 7.36. The first-order valence-electron chi connectivity index (χ1n) is 19.6. The second-order valence-electron chi connectivity index (χ2n) is 14.0. The number of hydrogen-bond acceptors (Lipinski definition) is 2. The molecule has 0 saturated heterocycles. The van der Waals surface area contributed by atoms with Gasteiger partial charge in [0.1, 0.15) is 11.5 Å². The molecule has 0 bridgehead atoms. The topological polar surface area (TPSA) is 18.5 Å². The van der Waals surface area contributed by atoms with E-state index in [1.165, 1.54) is 10.8 Å². The summed E-state index contributed by atoms with van der Waals surface area (Å²) in [6.07, 6.45) is 13.1. The Morgan fingerprint density at radius 2 is 0.638 bits per heavy atom. The van der Waals surface area contributed by atoms with Crippen molar-refractivity contribution < 1.29 is 9.47 Å². The van der Waals surface area contributed by atoms with Crippen molar-refractivity contribution in [3.63, 3.8) is 0 Å². The lowest BCUT2D eigenvalue weighted by atomic mass is 9.95. The predicted octanol–water partition coefficient (Wildman–Crippen LogP) is 14.4. The predicted molar refractivity (Wildman–Crippen MR) is 248 cm³/mol. The third-order valence-corrected chi connectivity index (χ3v) is 10.4. The van der Waals surface area contributed by atoms with Crippen LogP contribution in [0, 0.1) is 0 Å². The van der Waals surface area contributed by atoms with Crippen molar-refractivity contribution in [1.82, 2.24) is 0 Å². The largest absolute Gasteiger partial charge is 0.496 e. The second-order valence-corrected chi connectivity index (χ2v) is 14.0. The van der Waals surface area contributed by atoms with E-state index in [1.54, 1.807) is 14.2 Å². The standard InChI is InChI=1S/C56H44O2/c1-57-55-37-41(29-33-49(55)39-53(43-17-7-3-8-18-43)44-19-9-4-10-20-44)27-31-47-35-36-48(52-26-16-15-25-51(47)52)32-28-42-30-34-50(56(38-42)58-2)40-54(45-21-11-5-12-22-45)46-23-13-6-14-24-46/h3-40H,1-2H3. The lowest BCUT2D eigenvalue weighted by molar-refractivity contribution is 0.413. The van der Waals surface area contributed by atoms with Gasteiger partial charge in [-0.25, -0.2) is 0 Å². The molecule has 0 amide bonds. The van der Waals surface area contributed by atoms with Gasteiger partial charge in [-0.1, -0.05) is 206 Å². The Hall–Kier alpha value is -7.42. The lowest BCUT2D eigenvalue weighted by Gasteiger charge is -2.12. The van der Waals surface area contributed by atoms with Gasteiger partial charge in [-0.3, -0.25) is 0 Å². The van der Waals surface area contributed by atoms with Gasteiger partial charge in [0.05, 0.1) is 14.2 Å². The summed E-state index contributed by atoms with van der Waals surface area (Å²) in [5.74, 6) is 1.65. The molecular weight excluding hydrogens is 705 g/mol. The number of benzene rings is 8. The van der Waals surface area contributed by atoms with Crippen LogP contribution < -0.4 is 9.47 Å². The van der Waals surface area contributed by atoms with E-state index >= 15 is 0 Å². The Morgan fingerprint density at radius 3 is 0.966 bits per heavy atom. The summed E-state index contributed by atoms with van der Waals surface area (Å²) in [6, 6.07) is 67.8. The van der Waals surface area contributed by atoms with E-state index in [0.29, 0.717) is 0 Å². The van der Waals surface area contributed by atoms with Crippen LogP contribution in [0.25, 0.3) is 58.4 Å². The average molecular weight is 749 g/mol. The molecule has 0 saturated carbocycles. The molecule has 2 nitrogen and oxygen atoms in total. The van der Waals surface area contributed by atoms with E-state index in [4.69, 9.17) is 9.47 Å². The normalized spacial score (nSPS) is 11.1. The second kappa shape index (κ2) is 18.0. The van der Waals surface area contributed by atoms with Gasteiger partial charge in [0, 0.05) is 11.1 Å². The highest BCUT2D eigenvalue weighted by Crippen LogP contribution is 2.33. The van der Waals surface area contributed by atoms with E-state index in [0.717, 1.165) is 78.3 Å². The van der Waals surface area contributed by atoms with E-state index < -0.39 is 0 Å². The molecule has 0 spiro atoms. The van der Waals surface area contributed by atoms with Crippen LogP contribution in [0.3, 0.4) is 0 Å². The zero-order chi connectivity index (χ0) is 39.5. The number of fused-ring (bicyclic) bond motifs is 1. The first-order chi connectivity index (χ1) is 28.7. The third-order valence-electron chi connectivity index (χ3n) is 10.4. The van der Waals surface area contributed by atoms with Gasteiger partial charge in [-0.05, 0) is 90.7 Å². The van der Waals surface area contributed by atoms with Crippen molar-refractivity contribution in [2.75, 3.05) is 14.2 Å². The minimum absolute atomic E-state index is 0.824. The summed E-state index contributed by atoms with van der Waals surface area (Å²) in [5, 5.41) is 2.38. The molecule has 280 valence electrons. The van der Waals surface area contributed by atoms with Crippen LogP contribution >= 0.6 is 0 Å². The Morgan fingerprint density at radius 1 is 0.328 bits per heavy atom. The van der Waals surface area contributed by atoms with Crippen LogP contribution in [0.15, 0.2) is 194 Å². The molecule has 0 aliphatic heterocycles. The molecule has 0 N–H and O–H groups in total. The molecule has 0 fully saturated rings. The van der Waals surface area contributed by atoms with Crippen molar-refractivity contribution in [3.8, 4) is 11.5 Å². The maximum atomic E-state index is 5.94. The Bertz CT molecular complexity index is 2480. The smallest absolute Gasteiger partial charge is 0.126 e. The van der Waals surface area contributed by atoms with Gasteiger partial charge in [0.25, 0.3) is 0 Å². The molecule has 0 aromatic heterocycles. The molecule has 0 unspecified atom stereocenters. The molecule has 0 aliphatic carbocycles. The molecule has 0 atom stereocenters. The summed E-state index contributed by atoms with van der Waals surface area (Å²) < 4.78 is 11.9. The Kier molecular flexibility index (Phi) is 11.7. The number of ether oxygens (including phenoxy) is 2. The quantitative estimate of drug-likeness (QED) is 0.116. The van der Waals surface area contributed by atoms with E-state index in [-0.39, 0.29) is 0 Å². The number of methoxy groups -OCH3 is 2. The highest BCUT2D eigenvalue weighted by molar-refractivity contribution is 5.99. The van der Waals surface area contributed by atoms with Gasteiger partial charge in [-0.2, -0.15) is 0 Å². The van der Waals surface area contributed by atoms with Crippen molar-refractivity contribution in [3.05, 3.63) is 250 Å². The summed E-state index contributed by atoms with van der Waals surface area (Å²) in [4.78, 5) is 0. The Labute approximate surface area is 342 Å². The molecule has 8 aromatic carbocycles. The maximum Gasteiger partial charge on any atom is 0.126 e. The van der Waals surface area contributed by atoms with Gasteiger partial charge in [-0.15, -0.1) is 0 Å². The van der Waals surface area contributed by atoms with E-state index in [2.05, 4.69) is 206 Å². The number of hydrogen-bond donors (Lipinski definition) is 0. The molecule has 0 heterocycles. The molecule has 0 radical (unpaired) electrons. The zero-order valence-electron chi connectivity index (χ0n) is 32.8. The first kappa shape index (κ1) is 37.5. The highest BCUT2D eigenvalue weighted by Gasteiger charge is 2.11. The first-order valence-corrected chi connectivity index (χ1v) is 19.6. The third kappa shape index (κ3) is 8.68. The molecule has 58 heavy (non-hydrogen) atoms. The average Bonchev–Trinajstić information content (AvgIpc) is 3.30. The number of rotatable bonds is 12. The molecule has 8 aromatic rings. The summed E-state index contributed by atoms with van der Waals surface area (Å²) >= 11 is 0. The molecular formula is C56H44O2. The van der Waals surface area contributed by atoms with Crippen LogP contribution in [0.4, 0.5) is 0 Å². The van der Waals surface area contributed by atoms with Gasteiger partial charge < -0.3 is 9.47 Å². The Balaban J connectivity index is 1.06. The monoisotopic (exact) mass is 748 g/mol. The van der Waals surface area contributed by atoms with Gasteiger partial charge >= 0.3 is 0 Å². The summed E-state index contributed by atoms with van der Waals surface area (Å²) in [7, 11) is 3.47. The van der Waals surface area contributed by atoms with Crippen LogP contribution in [0.5, 0.6) is 11.5 Å². The van der Waals surface area contributed by atoms with Crippen LogP contribution in [0.1, 0.15) is 55.6 Å². The van der Waals surface area contributed by atoms with Gasteiger partial charge in [0.2, 0.25) is 0 Å². The van der Waals surface area contributed by atoms with E-state index in [1.807, 2.05) is 24.3 Å². The molecule has 2 heteroatoms.